The van der Waals surface area contributed by atoms with Gasteiger partial charge in [-0.25, -0.2) is 0 Å². The number of nitrogens with zero attached hydrogens (tertiary/aromatic N) is 2. The van der Waals surface area contributed by atoms with Crippen molar-refractivity contribution in [1.29, 1.82) is 0 Å². The number of carbonyl (C=O) groups excluding carboxylic acids is 1. The van der Waals surface area contributed by atoms with Gasteiger partial charge in [-0.05, 0) is 73.7 Å². The number of ether oxygens (including phenoxy) is 1. The maximum Gasteiger partial charge on any atom is 0.320 e. The fourth-order valence-corrected chi connectivity index (χ4v) is 3.71. The molecule has 1 aromatic heterocycles. The van der Waals surface area contributed by atoms with Crippen LogP contribution in [0, 0.1) is 0 Å². The summed E-state index contributed by atoms with van der Waals surface area (Å²) in [5.74, 6) is 0.333. The summed E-state index contributed by atoms with van der Waals surface area (Å²) < 4.78 is 7.77. The van der Waals surface area contributed by atoms with Gasteiger partial charge < -0.3 is 10.1 Å². The first-order chi connectivity index (χ1) is 14.5. The predicted molar refractivity (Wildman–Crippen MR) is 115 cm³/mol. The van der Waals surface area contributed by atoms with Crippen molar-refractivity contribution in [2.75, 3.05) is 11.9 Å². The summed E-state index contributed by atoms with van der Waals surface area (Å²) in [7, 11) is 0. The molecule has 1 heterocycles. The Morgan fingerprint density at radius 2 is 1.77 bits per heavy atom. The van der Waals surface area contributed by atoms with E-state index in [1.54, 1.807) is 24.3 Å². The molecule has 0 bridgehead atoms. The summed E-state index contributed by atoms with van der Waals surface area (Å²) in [6.07, 6.45) is 6.16. The number of nitrogens with one attached hydrogen (secondary N) is 1. The smallest absolute Gasteiger partial charge is 0.320 e. The summed E-state index contributed by atoms with van der Waals surface area (Å²) >= 11 is 0. The van der Waals surface area contributed by atoms with Gasteiger partial charge in [0.25, 0.3) is 0 Å². The van der Waals surface area contributed by atoms with E-state index in [4.69, 9.17) is 4.74 Å². The number of benzene rings is 2. The number of anilines is 1. The van der Waals surface area contributed by atoms with Gasteiger partial charge in [-0.2, -0.15) is 0 Å². The normalized spacial score (nSPS) is 12.4. The van der Waals surface area contributed by atoms with Crippen molar-refractivity contribution >= 4 is 11.6 Å². The lowest BCUT2D eigenvalue weighted by atomic mass is 10.1. The van der Waals surface area contributed by atoms with E-state index < -0.39 is 11.1 Å². The first kappa shape index (κ1) is 19.7. The Hall–Kier alpha value is -3.61. The Morgan fingerprint density at radius 3 is 2.53 bits per heavy atom. The highest BCUT2D eigenvalue weighted by molar-refractivity contribution is 5.90. The number of fused-ring (bicyclic) bond motifs is 1. The molecule has 0 fully saturated rings. The molecule has 154 valence electrons. The van der Waals surface area contributed by atoms with Crippen LogP contribution in [0.1, 0.15) is 24.5 Å². The minimum absolute atomic E-state index is 0.227. The quantitative estimate of drug-likeness (QED) is 0.639. The van der Waals surface area contributed by atoms with Crippen LogP contribution in [-0.2, 0) is 24.2 Å². The van der Waals surface area contributed by atoms with E-state index in [1.807, 2.05) is 25.1 Å². The van der Waals surface area contributed by atoms with Crippen LogP contribution in [0.5, 0.6) is 5.75 Å². The van der Waals surface area contributed by atoms with Crippen molar-refractivity contribution in [2.45, 2.75) is 32.7 Å². The third-order valence-corrected chi connectivity index (χ3v) is 5.18. The summed E-state index contributed by atoms with van der Waals surface area (Å²) in [5.41, 5.74) is 2.36. The highest BCUT2D eigenvalue weighted by Crippen LogP contribution is 2.24. The second kappa shape index (κ2) is 8.41. The first-order valence-electron chi connectivity index (χ1n) is 10.0. The Bertz CT molecular complexity index is 1190. The van der Waals surface area contributed by atoms with Gasteiger partial charge in [-0.1, -0.05) is 6.07 Å². The van der Waals surface area contributed by atoms with E-state index in [-0.39, 0.29) is 12.5 Å². The first-order valence-corrected chi connectivity index (χ1v) is 10.0. The molecule has 7 nitrogen and oxygen atoms in total. The van der Waals surface area contributed by atoms with E-state index in [1.165, 1.54) is 28.1 Å². The summed E-state index contributed by atoms with van der Waals surface area (Å²) in [6.45, 7) is 2.21. The third kappa shape index (κ3) is 4.05. The highest BCUT2D eigenvalue weighted by Gasteiger charge is 2.13. The zero-order valence-corrected chi connectivity index (χ0v) is 16.8. The lowest BCUT2D eigenvalue weighted by Crippen LogP contribution is -2.41. The van der Waals surface area contributed by atoms with Gasteiger partial charge in [-0.15, -0.1) is 0 Å². The minimum atomic E-state index is -0.754. The van der Waals surface area contributed by atoms with Crippen molar-refractivity contribution in [3.05, 3.63) is 86.7 Å². The summed E-state index contributed by atoms with van der Waals surface area (Å²) in [4.78, 5) is 37.4. The Kier molecular flexibility index (Phi) is 5.52. The van der Waals surface area contributed by atoms with Gasteiger partial charge >= 0.3 is 11.1 Å². The van der Waals surface area contributed by atoms with Crippen molar-refractivity contribution in [3.63, 3.8) is 0 Å². The van der Waals surface area contributed by atoms with E-state index in [0.717, 1.165) is 23.8 Å². The molecule has 30 heavy (non-hydrogen) atoms. The van der Waals surface area contributed by atoms with E-state index >= 15 is 0 Å². The van der Waals surface area contributed by atoms with Crippen molar-refractivity contribution in [2.24, 2.45) is 0 Å². The maximum atomic E-state index is 12.5. The fourth-order valence-electron chi connectivity index (χ4n) is 3.71. The fraction of sp³-hybridized carbons (Fsp3) is 0.261. The molecule has 4 rings (SSSR count). The SMILES string of the molecule is CCOc1ccc(-n2ccn(CC(=O)Nc3ccc4c(c3)CCC4)c(=O)c2=O)cc1. The molecular formula is C23H23N3O4. The lowest BCUT2D eigenvalue weighted by molar-refractivity contribution is -0.116. The summed E-state index contributed by atoms with van der Waals surface area (Å²) in [6, 6.07) is 12.8. The molecule has 3 aromatic rings. The van der Waals surface area contributed by atoms with Crippen LogP contribution < -0.4 is 21.2 Å². The third-order valence-electron chi connectivity index (χ3n) is 5.18. The summed E-state index contributed by atoms with van der Waals surface area (Å²) in [5, 5.41) is 2.81. The van der Waals surface area contributed by atoms with Crippen LogP contribution in [0.25, 0.3) is 5.69 Å². The number of amides is 1. The van der Waals surface area contributed by atoms with Crippen molar-refractivity contribution < 1.29 is 9.53 Å². The predicted octanol–water partition coefficient (Wildman–Crippen LogP) is 2.53. The molecule has 0 unspecified atom stereocenters. The number of hydrogen-bond acceptors (Lipinski definition) is 4. The largest absolute Gasteiger partial charge is 0.494 e. The molecule has 0 saturated carbocycles. The molecule has 0 atom stereocenters. The van der Waals surface area contributed by atoms with E-state index in [9.17, 15) is 14.4 Å². The average Bonchev–Trinajstić information content (AvgIpc) is 3.20. The number of aryl methyl sites for hydroxylation is 2. The van der Waals surface area contributed by atoms with Gasteiger partial charge in [0.1, 0.15) is 12.3 Å². The zero-order valence-electron chi connectivity index (χ0n) is 16.8. The molecule has 1 aliphatic rings. The molecule has 1 amide bonds. The van der Waals surface area contributed by atoms with Crippen molar-refractivity contribution in [1.82, 2.24) is 9.13 Å². The van der Waals surface area contributed by atoms with Crippen LogP contribution >= 0.6 is 0 Å². The monoisotopic (exact) mass is 405 g/mol. The molecule has 7 heteroatoms. The minimum Gasteiger partial charge on any atom is -0.494 e. The van der Waals surface area contributed by atoms with E-state index in [2.05, 4.69) is 5.32 Å². The molecule has 0 radical (unpaired) electrons. The molecule has 2 aromatic carbocycles. The number of hydrogen-bond donors (Lipinski definition) is 1. The standard InChI is InChI=1S/C23H23N3O4/c1-2-30-20-10-8-19(9-11-20)26-13-12-25(22(28)23(26)29)15-21(27)24-18-7-6-16-4-3-5-17(16)14-18/h6-14H,2-5,15H2,1H3,(H,24,27). The highest BCUT2D eigenvalue weighted by atomic mass is 16.5. The Labute approximate surface area is 173 Å². The van der Waals surface area contributed by atoms with Crippen LogP contribution in [-0.4, -0.2) is 21.6 Å². The second-order valence-electron chi connectivity index (χ2n) is 7.22. The molecule has 0 saturated heterocycles. The molecule has 0 spiro atoms. The van der Waals surface area contributed by atoms with Gasteiger partial charge in [0, 0.05) is 23.8 Å². The zero-order chi connectivity index (χ0) is 21.1. The van der Waals surface area contributed by atoms with Gasteiger partial charge in [0.15, 0.2) is 0 Å². The Morgan fingerprint density at radius 1 is 1.00 bits per heavy atom. The topological polar surface area (TPSA) is 82.3 Å². The number of rotatable bonds is 6. The average molecular weight is 405 g/mol. The van der Waals surface area contributed by atoms with Crippen LogP contribution in [0.3, 0.4) is 0 Å². The number of carbonyl (C=O) groups is 1. The van der Waals surface area contributed by atoms with Crippen molar-refractivity contribution in [3.8, 4) is 11.4 Å². The molecule has 1 aliphatic carbocycles. The van der Waals surface area contributed by atoms with Crippen LogP contribution in [0.2, 0.25) is 0 Å². The van der Waals surface area contributed by atoms with Gasteiger partial charge in [-0.3, -0.25) is 23.5 Å². The lowest BCUT2D eigenvalue weighted by Gasteiger charge is -2.11. The molecular weight excluding hydrogens is 382 g/mol. The van der Waals surface area contributed by atoms with Gasteiger partial charge in [0.2, 0.25) is 5.91 Å². The second-order valence-corrected chi connectivity index (χ2v) is 7.22. The molecule has 0 aliphatic heterocycles. The molecule has 1 N–H and O–H groups in total. The van der Waals surface area contributed by atoms with E-state index in [0.29, 0.717) is 23.7 Å². The maximum absolute atomic E-state index is 12.5. The van der Waals surface area contributed by atoms with Crippen LogP contribution in [0.4, 0.5) is 5.69 Å². The van der Waals surface area contributed by atoms with Crippen LogP contribution in [0.15, 0.2) is 64.4 Å². The van der Waals surface area contributed by atoms with Gasteiger partial charge in [0.05, 0.1) is 6.61 Å². The Balaban J connectivity index is 1.50. The number of aromatic nitrogens is 2.